The van der Waals surface area contributed by atoms with Crippen molar-refractivity contribution in [1.29, 1.82) is 0 Å². The Balaban J connectivity index is 2.24. The third-order valence-corrected chi connectivity index (χ3v) is 4.12. The number of piperidine rings is 1. The van der Waals surface area contributed by atoms with Gasteiger partial charge in [-0.2, -0.15) is 0 Å². The fourth-order valence-corrected chi connectivity index (χ4v) is 3.00. The average molecular weight is 310 g/mol. The molecule has 2 aromatic rings. The lowest BCUT2D eigenvalue weighted by molar-refractivity contribution is -0.125. The third kappa shape index (κ3) is 2.39. The second-order valence-corrected chi connectivity index (χ2v) is 6.15. The molecular weight excluding hydrogens is 293 g/mol. The van der Waals surface area contributed by atoms with E-state index in [0.717, 1.165) is 18.4 Å². The van der Waals surface area contributed by atoms with Gasteiger partial charge < -0.3 is 9.88 Å². The van der Waals surface area contributed by atoms with Gasteiger partial charge >= 0.3 is 0 Å². The van der Waals surface area contributed by atoms with Crippen LogP contribution in [0, 0.1) is 12.7 Å². The molecule has 1 aliphatic rings. The minimum atomic E-state index is -0.351. The molecular formula is C15H17ClFN3O. The van der Waals surface area contributed by atoms with Crippen molar-refractivity contribution in [3.63, 3.8) is 0 Å². The van der Waals surface area contributed by atoms with E-state index in [1.54, 1.807) is 13.0 Å². The first-order chi connectivity index (χ1) is 9.99. The van der Waals surface area contributed by atoms with Gasteiger partial charge in [-0.3, -0.25) is 4.79 Å². The largest absolute Gasteiger partial charge is 0.354 e. The number of aromatic nitrogens is 2. The van der Waals surface area contributed by atoms with Gasteiger partial charge in [-0.1, -0.05) is 0 Å². The number of fused-ring (bicyclic) bond motifs is 1. The van der Waals surface area contributed by atoms with Crippen LogP contribution in [0.1, 0.15) is 42.6 Å². The number of halogens is 2. The summed E-state index contributed by atoms with van der Waals surface area (Å²) in [6.45, 7) is 4.21. The molecule has 1 saturated heterocycles. The Bertz CT molecular complexity index is 710. The number of imidazole rings is 1. The van der Waals surface area contributed by atoms with Gasteiger partial charge in [-0.05, 0) is 38.3 Å². The number of benzene rings is 1. The predicted molar refractivity (Wildman–Crippen MR) is 80.0 cm³/mol. The van der Waals surface area contributed by atoms with Gasteiger partial charge in [0, 0.05) is 12.6 Å². The lowest BCUT2D eigenvalue weighted by atomic mass is 10.1. The average Bonchev–Trinajstić information content (AvgIpc) is 2.78. The molecule has 1 fully saturated rings. The lowest BCUT2D eigenvalue weighted by Crippen LogP contribution is -2.38. The van der Waals surface area contributed by atoms with E-state index in [1.165, 1.54) is 6.07 Å². The molecule has 3 rings (SSSR count). The second-order valence-electron chi connectivity index (χ2n) is 5.50. The fourth-order valence-electron chi connectivity index (χ4n) is 2.85. The summed E-state index contributed by atoms with van der Waals surface area (Å²) in [7, 11) is 0. The van der Waals surface area contributed by atoms with Crippen molar-refractivity contribution < 1.29 is 9.18 Å². The highest BCUT2D eigenvalue weighted by Crippen LogP contribution is 2.32. The number of rotatable bonds is 2. The number of carbonyl (C=O) groups excluding carboxylic acids is 1. The van der Waals surface area contributed by atoms with Crippen LogP contribution in [-0.4, -0.2) is 22.0 Å². The topological polar surface area (TPSA) is 46.9 Å². The quantitative estimate of drug-likeness (QED) is 0.866. The molecule has 112 valence electrons. The van der Waals surface area contributed by atoms with Crippen molar-refractivity contribution in [3.8, 4) is 0 Å². The summed E-state index contributed by atoms with van der Waals surface area (Å²) in [6, 6.07) is 2.82. The van der Waals surface area contributed by atoms with Gasteiger partial charge in [0.1, 0.15) is 17.7 Å². The van der Waals surface area contributed by atoms with E-state index in [-0.39, 0.29) is 23.1 Å². The zero-order chi connectivity index (χ0) is 15.1. The fraction of sp³-hybridized carbons (Fsp3) is 0.467. The first kappa shape index (κ1) is 14.3. The van der Waals surface area contributed by atoms with Crippen molar-refractivity contribution in [3.05, 3.63) is 29.3 Å². The molecule has 21 heavy (non-hydrogen) atoms. The molecule has 1 amide bonds. The summed E-state index contributed by atoms with van der Waals surface area (Å²) >= 11 is 6.22. The van der Waals surface area contributed by atoms with Crippen LogP contribution in [0.3, 0.4) is 0 Å². The standard InChI is InChI=1S/C15H17ClFN3O/c1-8-6-13-11(7-10(8)17)19-14(9(2)16)20(13)12-4-3-5-18-15(12)21/h6-7,9,12H,3-5H2,1-2H3,(H,18,21). The number of amides is 1. The Morgan fingerprint density at radius 2 is 2.29 bits per heavy atom. The summed E-state index contributed by atoms with van der Waals surface area (Å²) in [5.74, 6) is 0.286. The molecule has 0 spiro atoms. The first-order valence-electron chi connectivity index (χ1n) is 7.09. The van der Waals surface area contributed by atoms with E-state index < -0.39 is 0 Å². The number of carbonyl (C=O) groups is 1. The van der Waals surface area contributed by atoms with Crippen LogP contribution in [0.5, 0.6) is 0 Å². The highest BCUT2D eigenvalue weighted by atomic mass is 35.5. The molecule has 6 heteroatoms. The zero-order valence-corrected chi connectivity index (χ0v) is 12.7. The summed E-state index contributed by atoms with van der Waals surface area (Å²) in [4.78, 5) is 16.6. The Kier molecular flexibility index (Phi) is 3.61. The van der Waals surface area contributed by atoms with Gasteiger partial charge in [0.15, 0.2) is 0 Å². The van der Waals surface area contributed by atoms with E-state index in [4.69, 9.17) is 11.6 Å². The van der Waals surface area contributed by atoms with Crippen LogP contribution in [0.2, 0.25) is 0 Å². The van der Waals surface area contributed by atoms with Gasteiger partial charge in [0.25, 0.3) is 0 Å². The van der Waals surface area contributed by atoms with Crippen LogP contribution in [-0.2, 0) is 4.79 Å². The van der Waals surface area contributed by atoms with Gasteiger partial charge in [-0.25, -0.2) is 9.37 Å². The van der Waals surface area contributed by atoms with Gasteiger partial charge in [-0.15, -0.1) is 11.6 Å². The lowest BCUT2D eigenvalue weighted by Gasteiger charge is -2.25. The molecule has 2 heterocycles. The molecule has 0 bridgehead atoms. The Labute approximate surface area is 127 Å². The zero-order valence-electron chi connectivity index (χ0n) is 12.0. The SMILES string of the molecule is Cc1cc2c(cc1F)nc(C(C)Cl)n2C1CCCNC1=O. The second kappa shape index (κ2) is 5.30. The van der Waals surface area contributed by atoms with Crippen LogP contribution in [0.15, 0.2) is 12.1 Å². The summed E-state index contributed by atoms with van der Waals surface area (Å²) < 4.78 is 15.6. The van der Waals surface area contributed by atoms with Crippen molar-refractivity contribution in [2.24, 2.45) is 0 Å². The van der Waals surface area contributed by atoms with E-state index in [0.29, 0.717) is 23.4 Å². The minimum absolute atomic E-state index is 0.0268. The number of hydrogen-bond acceptors (Lipinski definition) is 2. The van der Waals surface area contributed by atoms with Gasteiger partial charge in [0.05, 0.1) is 16.4 Å². The Morgan fingerprint density at radius 3 is 2.95 bits per heavy atom. The highest BCUT2D eigenvalue weighted by Gasteiger charge is 2.29. The minimum Gasteiger partial charge on any atom is -0.354 e. The maximum absolute atomic E-state index is 13.7. The molecule has 2 unspecified atom stereocenters. The molecule has 4 nitrogen and oxygen atoms in total. The molecule has 0 saturated carbocycles. The first-order valence-corrected chi connectivity index (χ1v) is 7.52. The normalized spacial score (nSPS) is 20.6. The summed E-state index contributed by atoms with van der Waals surface area (Å²) in [5, 5.41) is 2.52. The van der Waals surface area contributed by atoms with E-state index >= 15 is 0 Å². The van der Waals surface area contributed by atoms with E-state index in [2.05, 4.69) is 10.3 Å². The molecule has 0 radical (unpaired) electrons. The number of hydrogen-bond donors (Lipinski definition) is 1. The predicted octanol–water partition coefficient (Wildman–Crippen LogP) is 3.23. The molecule has 1 N–H and O–H groups in total. The maximum Gasteiger partial charge on any atom is 0.243 e. The Morgan fingerprint density at radius 1 is 1.52 bits per heavy atom. The smallest absolute Gasteiger partial charge is 0.243 e. The Hall–Kier alpha value is -1.62. The van der Waals surface area contributed by atoms with Crippen LogP contribution < -0.4 is 5.32 Å². The number of nitrogens with one attached hydrogen (secondary N) is 1. The van der Waals surface area contributed by atoms with Crippen molar-refractivity contribution in [1.82, 2.24) is 14.9 Å². The summed E-state index contributed by atoms with van der Waals surface area (Å²) in [5.41, 5.74) is 1.84. The molecule has 2 atom stereocenters. The van der Waals surface area contributed by atoms with Crippen molar-refractivity contribution in [2.45, 2.75) is 38.1 Å². The number of aryl methyl sites for hydroxylation is 1. The van der Waals surface area contributed by atoms with Crippen molar-refractivity contribution >= 4 is 28.5 Å². The van der Waals surface area contributed by atoms with Crippen molar-refractivity contribution in [2.75, 3.05) is 6.54 Å². The molecule has 1 aromatic carbocycles. The maximum atomic E-state index is 13.7. The van der Waals surface area contributed by atoms with Crippen LogP contribution >= 0.6 is 11.6 Å². The monoisotopic (exact) mass is 309 g/mol. The third-order valence-electron chi connectivity index (χ3n) is 3.92. The molecule has 1 aromatic heterocycles. The highest BCUT2D eigenvalue weighted by molar-refractivity contribution is 6.20. The van der Waals surface area contributed by atoms with Gasteiger partial charge in [0.2, 0.25) is 5.91 Å². The van der Waals surface area contributed by atoms with E-state index in [9.17, 15) is 9.18 Å². The van der Waals surface area contributed by atoms with Crippen LogP contribution in [0.4, 0.5) is 4.39 Å². The van der Waals surface area contributed by atoms with E-state index in [1.807, 2.05) is 11.5 Å². The summed E-state index contributed by atoms with van der Waals surface area (Å²) in [6.07, 6.45) is 1.65. The number of alkyl halides is 1. The molecule has 0 aliphatic carbocycles. The number of nitrogens with zero attached hydrogens (tertiary/aromatic N) is 2. The van der Waals surface area contributed by atoms with Crippen LogP contribution in [0.25, 0.3) is 11.0 Å². The molecule has 1 aliphatic heterocycles.